The van der Waals surface area contributed by atoms with Gasteiger partial charge in [-0.1, -0.05) is 12.1 Å². The van der Waals surface area contributed by atoms with Crippen LogP contribution in [0.3, 0.4) is 0 Å². The van der Waals surface area contributed by atoms with Crippen LogP contribution in [0.5, 0.6) is 0 Å². The van der Waals surface area contributed by atoms with E-state index >= 15 is 0 Å². The van der Waals surface area contributed by atoms with Gasteiger partial charge in [0.2, 0.25) is 6.39 Å². The molecule has 0 spiro atoms. The van der Waals surface area contributed by atoms with Crippen molar-refractivity contribution in [1.29, 1.82) is 0 Å². The fourth-order valence-electron chi connectivity index (χ4n) is 1.92. The fraction of sp³-hybridized carbons (Fsp3) is 0.750. The Morgan fingerprint density at radius 3 is 3.08 bits per heavy atom. The van der Waals surface area contributed by atoms with E-state index in [1.54, 1.807) is 0 Å². The summed E-state index contributed by atoms with van der Waals surface area (Å²) in [5.74, 6) is 1.33. The zero-order valence-electron chi connectivity index (χ0n) is 7.16. The number of hydrogen-bond donors (Lipinski definition) is 1. The molecule has 0 bridgehead atoms. The fourth-order valence-corrected chi connectivity index (χ4v) is 1.92. The molecule has 1 aromatic rings. The molecule has 1 aliphatic carbocycles. The van der Waals surface area contributed by atoms with Crippen molar-refractivity contribution in [2.75, 3.05) is 0 Å². The first-order valence-corrected chi connectivity index (χ1v) is 4.26. The van der Waals surface area contributed by atoms with Crippen LogP contribution >= 0.6 is 0 Å². The molecule has 0 amide bonds. The molecule has 2 unspecified atom stereocenters. The van der Waals surface area contributed by atoms with Gasteiger partial charge in [-0.2, -0.15) is 4.98 Å². The second-order valence-corrected chi connectivity index (χ2v) is 3.76. The molecule has 2 N–H and O–H groups in total. The van der Waals surface area contributed by atoms with Crippen molar-refractivity contribution >= 4 is 0 Å². The third-order valence-electron chi connectivity index (χ3n) is 2.60. The van der Waals surface area contributed by atoms with E-state index in [9.17, 15) is 0 Å². The van der Waals surface area contributed by atoms with Crippen LogP contribution in [0.2, 0.25) is 0 Å². The third-order valence-corrected chi connectivity index (χ3v) is 2.60. The first-order chi connectivity index (χ1) is 5.71. The van der Waals surface area contributed by atoms with Gasteiger partial charge in [0.1, 0.15) is 0 Å². The highest BCUT2D eigenvalue weighted by atomic mass is 16.5. The highest BCUT2D eigenvalue weighted by molar-refractivity contribution is 5.05. The van der Waals surface area contributed by atoms with Crippen LogP contribution in [0.4, 0.5) is 0 Å². The second kappa shape index (κ2) is 2.55. The van der Waals surface area contributed by atoms with Gasteiger partial charge < -0.3 is 10.3 Å². The average Bonchev–Trinajstić information content (AvgIpc) is 2.59. The molecule has 1 aliphatic rings. The van der Waals surface area contributed by atoms with Gasteiger partial charge in [-0.25, -0.2) is 0 Å². The quantitative estimate of drug-likeness (QED) is 0.678. The Labute approximate surface area is 71.1 Å². The first kappa shape index (κ1) is 7.73. The van der Waals surface area contributed by atoms with Crippen molar-refractivity contribution in [2.45, 2.75) is 31.7 Å². The molecule has 0 saturated heterocycles. The van der Waals surface area contributed by atoms with Crippen molar-refractivity contribution in [3.63, 3.8) is 0 Å². The maximum absolute atomic E-state index is 6.13. The minimum atomic E-state index is -0.327. The molecule has 0 aromatic carbocycles. The van der Waals surface area contributed by atoms with Crippen LogP contribution in [0, 0.1) is 5.92 Å². The molecule has 1 aromatic heterocycles. The van der Waals surface area contributed by atoms with Gasteiger partial charge in [-0.3, -0.25) is 0 Å². The largest absolute Gasteiger partial charge is 0.343 e. The van der Waals surface area contributed by atoms with Crippen LogP contribution < -0.4 is 5.73 Å². The summed E-state index contributed by atoms with van der Waals surface area (Å²) < 4.78 is 4.69. The molecule has 12 heavy (non-hydrogen) atoms. The van der Waals surface area contributed by atoms with Crippen LogP contribution in [-0.2, 0) is 5.54 Å². The lowest BCUT2D eigenvalue weighted by molar-refractivity contribution is 0.361. The number of hydrogen-bond acceptors (Lipinski definition) is 4. The predicted molar refractivity (Wildman–Crippen MR) is 43.2 cm³/mol. The SMILES string of the molecule is CC1CCC(N)(c2ncon2)C1. The minimum absolute atomic E-state index is 0.327. The predicted octanol–water partition coefficient (Wildman–Crippen LogP) is 1.04. The Bertz CT molecular complexity index is 259. The summed E-state index contributed by atoms with van der Waals surface area (Å²) in [7, 11) is 0. The van der Waals surface area contributed by atoms with Crippen molar-refractivity contribution in [3.05, 3.63) is 12.2 Å². The molecule has 0 aliphatic heterocycles. The minimum Gasteiger partial charge on any atom is -0.343 e. The Hall–Kier alpha value is -0.900. The topological polar surface area (TPSA) is 64.9 Å². The lowest BCUT2D eigenvalue weighted by Crippen LogP contribution is -2.34. The van der Waals surface area contributed by atoms with Crippen molar-refractivity contribution in [1.82, 2.24) is 10.1 Å². The Morgan fingerprint density at radius 2 is 2.58 bits per heavy atom. The maximum atomic E-state index is 6.13. The molecule has 1 heterocycles. The molecule has 2 atom stereocenters. The third kappa shape index (κ3) is 1.12. The van der Waals surface area contributed by atoms with E-state index in [1.165, 1.54) is 6.39 Å². The second-order valence-electron chi connectivity index (χ2n) is 3.76. The van der Waals surface area contributed by atoms with E-state index in [-0.39, 0.29) is 5.54 Å². The van der Waals surface area contributed by atoms with Crippen molar-refractivity contribution in [3.8, 4) is 0 Å². The van der Waals surface area contributed by atoms with Crippen LogP contribution in [-0.4, -0.2) is 10.1 Å². The summed E-state index contributed by atoms with van der Waals surface area (Å²) in [6, 6.07) is 0. The molecule has 66 valence electrons. The Kier molecular flexibility index (Phi) is 1.65. The summed E-state index contributed by atoms with van der Waals surface area (Å²) in [6.07, 6.45) is 4.43. The zero-order valence-corrected chi connectivity index (χ0v) is 7.16. The average molecular weight is 167 g/mol. The van der Waals surface area contributed by atoms with E-state index in [2.05, 4.69) is 21.6 Å². The Balaban J connectivity index is 2.23. The van der Waals surface area contributed by atoms with Gasteiger partial charge in [0.25, 0.3) is 0 Å². The van der Waals surface area contributed by atoms with Gasteiger partial charge >= 0.3 is 0 Å². The number of nitrogens with two attached hydrogens (primary N) is 1. The summed E-state index contributed by atoms with van der Waals surface area (Å²) in [5.41, 5.74) is 5.80. The number of nitrogens with zero attached hydrogens (tertiary/aromatic N) is 2. The van der Waals surface area contributed by atoms with Gasteiger partial charge in [0.05, 0.1) is 5.54 Å². The molecule has 0 radical (unpaired) electrons. The van der Waals surface area contributed by atoms with Gasteiger partial charge in [-0.15, -0.1) is 0 Å². The van der Waals surface area contributed by atoms with Crippen LogP contribution in [0.15, 0.2) is 10.9 Å². The standard InChI is InChI=1S/C8H13N3O/c1-6-2-3-8(9,4-6)7-10-5-12-11-7/h5-6H,2-4,9H2,1H3. The molecule has 2 rings (SSSR count). The van der Waals surface area contributed by atoms with Gasteiger partial charge in [0.15, 0.2) is 5.82 Å². The normalized spacial score (nSPS) is 35.7. The van der Waals surface area contributed by atoms with E-state index in [0.717, 1.165) is 19.3 Å². The van der Waals surface area contributed by atoms with Gasteiger partial charge in [-0.05, 0) is 25.2 Å². The molecular weight excluding hydrogens is 154 g/mol. The van der Waals surface area contributed by atoms with Crippen LogP contribution in [0.25, 0.3) is 0 Å². The lowest BCUT2D eigenvalue weighted by atomic mass is 9.97. The van der Waals surface area contributed by atoms with Crippen LogP contribution in [0.1, 0.15) is 32.0 Å². The summed E-state index contributed by atoms with van der Waals surface area (Å²) in [5, 5.41) is 3.79. The lowest BCUT2D eigenvalue weighted by Gasteiger charge is -2.18. The Morgan fingerprint density at radius 1 is 1.75 bits per heavy atom. The smallest absolute Gasteiger partial charge is 0.213 e. The molecule has 1 fully saturated rings. The van der Waals surface area contributed by atoms with E-state index in [4.69, 9.17) is 5.73 Å². The van der Waals surface area contributed by atoms with E-state index < -0.39 is 0 Å². The number of aromatic nitrogens is 2. The molecule has 4 heteroatoms. The van der Waals surface area contributed by atoms with Gasteiger partial charge in [0, 0.05) is 0 Å². The molecule has 1 saturated carbocycles. The monoisotopic (exact) mass is 167 g/mol. The molecule has 4 nitrogen and oxygen atoms in total. The van der Waals surface area contributed by atoms with Crippen molar-refractivity contribution < 1.29 is 4.52 Å². The van der Waals surface area contributed by atoms with E-state index in [1.807, 2.05) is 0 Å². The summed E-state index contributed by atoms with van der Waals surface area (Å²) >= 11 is 0. The summed E-state index contributed by atoms with van der Waals surface area (Å²) in [6.45, 7) is 2.20. The highest BCUT2D eigenvalue weighted by Crippen LogP contribution is 2.37. The van der Waals surface area contributed by atoms with Crippen molar-refractivity contribution in [2.24, 2.45) is 11.7 Å². The molecular formula is C8H13N3O. The zero-order chi connectivity index (χ0) is 8.60. The maximum Gasteiger partial charge on any atom is 0.213 e. The highest BCUT2D eigenvalue weighted by Gasteiger charge is 2.38. The first-order valence-electron chi connectivity index (χ1n) is 4.26. The summed E-state index contributed by atoms with van der Waals surface area (Å²) in [4.78, 5) is 4.00. The number of rotatable bonds is 1. The van der Waals surface area contributed by atoms with E-state index in [0.29, 0.717) is 11.7 Å².